The molecule has 5 rings (SSSR count). The van der Waals surface area contributed by atoms with Crippen LogP contribution in [-0.2, 0) is 0 Å². The van der Waals surface area contributed by atoms with Crippen LogP contribution in [0.1, 0.15) is 6.42 Å². The zero-order valence-corrected chi connectivity index (χ0v) is 16.8. The third kappa shape index (κ3) is 3.46. The van der Waals surface area contributed by atoms with Gasteiger partial charge in [0.1, 0.15) is 5.82 Å². The van der Waals surface area contributed by atoms with Gasteiger partial charge in [0, 0.05) is 56.3 Å². The lowest BCUT2D eigenvalue weighted by Crippen LogP contribution is -2.46. The molecule has 2 aromatic rings. The number of aliphatic hydroxyl groups excluding tert-OH is 1. The van der Waals surface area contributed by atoms with Gasteiger partial charge in [0.25, 0.3) is 5.56 Å². The van der Waals surface area contributed by atoms with E-state index >= 15 is 0 Å². The summed E-state index contributed by atoms with van der Waals surface area (Å²) in [4.78, 5) is 28.3. The van der Waals surface area contributed by atoms with E-state index in [0.717, 1.165) is 67.1 Å². The van der Waals surface area contributed by atoms with E-state index in [0.29, 0.717) is 11.4 Å². The number of piperazine rings is 1. The van der Waals surface area contributed by atoms with Crippen LogP contribution in [0.25, 0.3) is 33.7 Å². The Labute approximate surface area is 174 Å². The lowest BCUT2D eigenvalue weighted by Gasteiger charge is -2.36. The maximum atomic E-state index is 12.6. The van der Waals surface area contributed by atoms with Crippen LogP contribution in [0, 0.1) is 0 Å². The number of H-pyrrole nitrogens is 2. The summed E-state index contributed by atoms with van der Waals surface area (Å²) in [6.07, 6.45) is 0.830. The highest BCUT2D eigenvalue weighted by atomic mass is 16.3. The minimum atomic E-state index is -0.130. The molecule has 1 aromatic carbocycles. The minimum absolute atomic E-state index is 0.130. The van der Waals surface area contributed by atoms with Gasteiger partial charge in [-0.15, -0.1) is 0 Å². The Morgan fingerprint density at radius 1 is 1.00 bits per heavy atom. The predicted molar refractivity (Wildman–Crippen MR) is 119 cm³/mol. The van der Waals surface area contributed by atoms with Gasteiger partial charge in [0.05, 0.1) is 16.6 Å². The maximum Gasteiger partial charge on any atom is 0.260 e. The average molecular weight is 403 g/mol. The Balaban J connectivity index is 1.42. The molecule has 0 bridgehead atoms. The van der Waals surface area contributed by atoms with Gasteiger partial charge in [0.15, 0.2) is 0 Å². The first-order valence-corrected chi connectivity index (χ1v) is 10.4. The number of imidazole rings is 1. The van der Waals surface area contributed by atoms with Gasteiger partial charge in [-0.1, -0.05) is 24.3 Å². The lowest BCUT2D eigenvalue weighted by molar-refractivity contribution is 0.216. The molecule has 0 saturated carbocycles. The number of anilines is 1. The van der Waals surface area contributed by atoms with E-state index < -0.39 is 0 Å². The van der Waals surface area contributed by atoms with Crippen molar-refractivity contribution in [2.24, 2.45) is 0 Å². The summed E-state index contributed by atoms with van der Waals surface area (Å²) >= 11 is 0. The highest BCUT2D eigenvalue weighted by Crippen LogP contribution is 2.30. The number of hydrogen-bond donors (Lipinski definition) is 3. The topological polar surface area (TPSA) is 88.2 Å². The van der Waals surface area contributed by atoms with Crippen LogP contribution < -0.4 is 10.5 Å². The molecular weight excluding hydrogens is 378 g/mol. The fourth-order valence-electron chi connectivity index (χ4n) is 4.25. The van der Waals surface area contributed by atoms with Crippen molar-refractivity contribution in [2.45, 2.75) is 6.42 Å². The third-order valence-electron chi connectivity index (χ3n) is 5.85. The molecule has 0 spiro atoms. The Bertz CT molecular complexity index is 1190. The first kappa shape index (κ1) is 18.8. The maximum absolute atomic E-state index is 12.6. The van der Waals surface area contributed by atoms with Crippen LogP contribution in [0.5, 0.6) is 0 Å². The monoisotopic (exact) mass is 403 g/mol. The van der Waals surface area contributed by atoms with Crippen LogP contribution in [0.4, 0.5) is 5.69 Å². The molecule has 3 heterocycles. The van der Waals surface area contributed by atoms with Crippen LogP contribution >= 0.6 is 0 Å². The van der Waals surface area contributed by atoms with Crippen LogP contribution in [0.3, 0.4) is 0 Å². The summed E-state index contributed by atoms with van der Waals surface area (Å²) in [5.74, 6) is 0.596. The smallest absolute Gasteiger partial charge is 0.260 e. The molecule has 0 radical (unpaired) electrons. The Morgan fingerprint density at radius 2 is 1.83 bits per heavy atom. The Hall–Kier alpha value is -3.16. The van der Waals surface area contributed by atoms with E-state index in [2.05, 4.69) is 31.9 Å². The molecule has 2 aliphatic heterocycles. The van der Waals surface area contributed by atoms with Crippen LogP contribution in [0.2, 0.25) is 0 Å². The van der Waals surface area contributed by atoms with E-state index in [1.54, 1.807) is 0 Å². The number of nitrogens with one attached hydrogen (secondary N) is 2. The molecule has 0 unspecified atom stereocenters. The van der Waals surface area contributed by atoms with Crippen LogP contribution in [-0.4, -0.2) is 64.3 Å². The van der Waals surface area contributed by atoms with Gasteiger partial charge in [-0.25, -0.2) is 4.98 Å². The van der Waals surface area contributed by atoms with Crippen molar-refractivity contribution < 1.29 is 5.11 Å². The largest absolute Gasteiger partial charge is 0.396 e. The molecule has 0 amide bonds. The normalized spacial score (nSPS) is 15.3. The summed E-state index contributed by atoms with van der Waals surface area (Å²) in [7, 11) is 0. The van der Waals surface area contributed by atoms with E-state index in [1.807, 2.05) is 36.4 Å². The molecule has 3 aliphatic rings. The average Bonchev–Trinajstić information content (AvgIpc) is 3.23. The zero-order valence-electron chi connectivity index (χ0n) is 16.8. The van der Waals surface area contributed by atoms with Crippen molar-refractivity contribution in [1.29, 1.82) is 0 Å². The summed E-state index contributed by atoms with van der Waals surface area (Å²) in [6.45, 7) is 5.12. The zero-order chi connectivity index (χ0) is 20.5. The minimum Gasteiger partial charge on any atom is -0.396 e. The number of nitrogens with zero attached hydrogens (tertiary/aromatic N) is 3. The fraction of sp³-hybridized carbons (Fsp3) is 0.304. The van der Waals surface area contributed by atoms with Crippen molar-refractivity contribution in [3.63, 3.8) is 0 Å². The van der Waals surface area contributed by atoms with E-state index in [4.69, 9.17) is 10.1 Å². The fourth-order valence-corrected chi connectivity index (χ4v) is 4.25. The predicted octanol–water partition coefficient (Wildman–Crippen LogP) is 2.53. The Morgan fingerprint density at radius 3 is 2.67 bits per heavy atom. The molecular formula is C23H25N5O2. The lowest BCUT2D eigenvalue weighted by atomic mass is 10.1. The number of aromatic nitrogens is 3. The number of hydrogen-bond acceptors (Lipinski definition) is 5. The van der Waals surface area contributed by atoms with Gasteiger partial charge >= 0.3 is 0 Å². The highest BCUT2D eigenvalue weighted by Gasteiger charge is 2.20. The summed E-state index contributed by atoms with van der Waals surface area (Å²) < 4.78 is 0. The van der Waals surface area contributed by atoms with Crippen molar-refractivity contribution in [3.8, 4) is 22.6 Å². The summed E-state index contributed by atoms with van der Waals surface area (Å²) in [5, 5.41) is 9.02. The number of aromatic amines is 2. The van der Waals surface area contributed by atoms with E-state index in [9.17, 15) is 4.79 Å². The highest BCUT2D eigenvalue weighted by molar-refractivity contribution is 5.87. The number of aliphatic hydroxyl groups is 1. The first-order chi connectivity index (χ1) is 14.7. The molecule has 1 saturated heterocycles. The molecule has 30 heavy (non-hydrogen) atoms. The molecule has 7 nitrogen and oxygen atoms in total. The molecule has 0 atom stereocenters. The van der Waals surface area contributed by atoms with Crippen molar-refractivity contribution in [3.05, 3.63) is 58.9 Å². The molecule has 1 aromatic heterocycles. The van der Waals surface area contributed by atoms with Gasteiger partial charge in [0.2, 0.25) is 0 Å². The standard InChI is InChI=1S/C23H25N5O2/c29-14-4-9-27-10-12-28(13-11-27)16-7-8-19-20(15-16)25-22(24-19)21-17-5-2-1-3-6-18(17)26-23(21)30/h1-3,5-8,15,29H,4,9-14H2,(H,24,25)(H,26,30). The van der Waals surface area contributed by atoms with E-state index in [-0.39, 0.29) is 12.2 Å². The van der Waals surface area contributed by atoms with Crippen molar-refractivity contribution in [2.75, 3.05) is 44.2 Å². The van der Waals surface area contributed by atoms with Gasteiger partial charge in [-0.2, -0.15) is 0 Å². The molecule has 154 valence electrons. The van der Waals surface area contributed by atoms with Gasteiger partial charge in [-0.3, -0.25) is 9.69 Å². The number of fused-ring (bicyclic) bond motifs is 2. The summed E-state index contributed by atoms with van der Waals surface area (Å²) in [6, 6.07) is 15.9. The van der Waals surface area contributed by atoms with Crippen molar-refractivity contribution in [1.82, 2.24) is 19.9 Å². The van der Waals surface area contributed by atoms with Crippen LogP contribution in [0.15, 0.2) is 53.3 Å². The third-order valence-corrected chi connectivity index (χ3v) is 5.85. The summed E-state index contributed by atoms with van der Waals surface area (Å²) in [5.41, 5.74) is 5.06. The number of benzene rings is 1. The van der Waals surface area contributed by atoms with E-state index in [1.165, 1.54) is 0 Å². The molecule has 7 heteroatoms. The second kappa shape index (κ2) is 7.93. The van der Waals surface area contributed by atoms with Gasteiger partial charge < -0.3 is 20.0 Å². The van der Waals surface area contributed by atoms with Gasteiger partial charge in [-0.05, 0) is 30.7 Å². The van der Waals surface area contributed by atoms with Crippen molar-refractivity contribution >= 4 is 16.7 Å². The SMILES string of the molecule is O=c1[nH]c2cccccc-2c1-c1nc2ccc(N3CCN(CCCO)CC3)cc2[nH]1. The number of rotatable bonds is 5. The second-order valence-electron chi connectivity index (χ2n) is 7.76. The second-order valence-corrected chi connectivity index (χ2v) is 7.76. The first-order valence-electron chi connectivity index (χ1n) is 10.4. The molecule has 1 aliphatic carbocycles. The molecule has 3 N–H and O–H groups in total. The molecule has 1 fully saturated rings. The Kier molecular flexibility index (Phi) is 4.98. The quantitative estimate of drug-likeness (QED) is 0.477.